The van der Waals surface area contributed by atoms with Gasteiger partial charge in [-0.15, -0.1) is 0 Å². The van der Waals surface area contributed by atoms with Crippen molar-refractivity contribution in [2.75, 3.05) is 0 Å². The minimum Gasteiger partial charge on any atom is -0.390 e. The van der Waals surface area contributed by atoms with E-state index in [0.29, 0.717) is 5.92 Å². The first-order chi connectivity index (χ1) is 9.19. The van der Waals surface area contributed by atoms with Crippen molar-refractivity contribution in [2.24, 2.45) is 5.92 Å². The maximum atomic E-state index is 10.5. The molecule has 106 valence electrons. The van der Waals surface area contributed by atoms with Crippen molar-refractivity contribution in [1.82, 2.24) is 0 Å². The summed E-state index contributed by atoms with van der Waals surface area (Å²) < 4.78 is 0. The number of aliphatic hydroxyl groups excluding tert-OH is 2. The standard InChI is InChI=1S/C17H26O2/c1-3-12(4-2)16(18)17(19)15-11-6-5-10-14(15)13-8-7-9-13/h5-6,10-13,16-19H,3-4,7-9H2,1-2H3. The second-order valence-corrected chi connectivity index (χ2v) is 5.77. The van der Waals surface area contributed by atoms with E-state index < -0.39 is 12.2 Å². The SMILES string of the molecule is CCC(CC)C(O)C(O)c1ccccc1C1CCC1. The fourth-order valence-corrected chi connectivity index (χ4v) is 3.08. The maximum absolute atomic E-state index is 10.5. The summed E-state index contributed by atoms with van der Waals surface area (Å²) in [5.74, 6) is 0.754. The molecule has 0 aliphatic heterocycles. The second-order valence-electron chi connectivity index (χ2n) is 5.77. The zero-order valence-corrected chi connectivity index (χ0v) is 12.0. The molecule has 2 nitrogen and oxygen atoms in total. The Morgan fingerprint density at radius 3 is 2.26 bits per heavy atom. The second kappa shape index (κ2) is 6.53. The summed E-state index contributed by atoms with van der Waals surface area (Å²) in [4.78, 5) is 0. The van der Waals surface area contributed by atoms with E-state index in [1.165, 1.54) is 24.8 Å². The molecule has 0 spiro atoms. The van der Waals surface area contributed by atoms with Gasteiger partial charge in [0.1, 0.15) is 6.10 Å². The molecule has 19 heavy (non-hydrogen) atoms. The van der Waals surface area contributed by atoms with E-state index in [2.05, 4.69) is 19.9 Å². The molecule has 0 radical (unpaired) electrons. The Bertz CT molecular complexity index is 394. The Morgan fingerprint density at radius 1 is 1.11 bits per heavy atom. The molecule has 2 heteroatoms. The van der Waals surface area contributed by atoms with Gasteiger partial charge in [-0.25, -0.2) is 0 Å². The van der Waals surface area contributed by atoms with Gasteiger partial charge in [-0.2, -0.15) is 0 Å². The lowest BCUT2D eigenvalue weighted by Crippen LogP contribution is -2.28. The van der Waals surface area contributed by atoms with Crippen LogP contribution in [0.2, 0.25) is 0 Å². The Balaban J connectivity index is 2.20. The van der Waals surface area contributed by atoms with Gasteiger partial charge in [-0.1, -0.05) is 57.4 Å². The lowest BCUT2D eigenvalue weighted by atomic mass is 9.76. The fourth-order valence-electron chi connectivity index (χ4n) is 3.08. The third-order valence-electron chi connectivity index (χ3n) is 4.71. The molecular formula is C17H26O2. The van der Waals surface area contributed by atoms with Crippen LogP contribution in [0.1, 0.15) is 69.1 Å². The van der Waals surface area contributed by atoms with Crippen molar-refractivity contribution in [3.63, 3.8) is 0 Å². The predicted octanol–water partition coefficient (Wildman–Crippen LogP) is 3.78. The average Bonchev–Trinajstić information content (AvgIpc) is 2.38. The van der Waals surface area contributed by atoms with Crippen molar-refractivity contribution in [3.05, 3.63) is 35.4 Å². The molecule has 1 aromatic carbocycles. The zero-order chi connectivity index (χ0) is 13.8. The van der Waals surface area contributed by atoms with Crippen LogP contribution < -0.4 is 0 Å². The molecule has 0 aromatic heterocycles. The topological polar surface area (TPSA) is 40.5 Å². The van der Waals surface area contributed by atoms with E-state index in [1.807, 2.05) is 18.2 Å². The minimum absolute atomic E-state index is 0.171. The monoisotopic (exact) mass is 262 g/mol. The van der Waals surface area contributed by atoms with Crippen LogP contribution in [0, 0.1) is 5.92 Å². The van der Waals surface area contributed by atoms with Crippen LogP contribution in [0.5, 0.6) is 0 Å². The molecule has 1 aliphatic carbocycles. The highest BCUT2D eigenvalue weighted by molar-refractivity contribution is 5.34. The highest BCUT2D eigenvalue weighted by Crippen LogP contribution is 2.40. The maximum Gasteiger partial charge on any atom is 0.105 e. The minimum atomic E-state index is -0.748. The highest BCUT2D eigenvalue weighted by atomic mass is 16.3. The van der Waals surface area contributed by atoms with Crippen molar-refractivity contribution < 1.29 is 10.2 Å². The molecule has 2 rings (SSSR count). The van der Waals surface area contributed by atoms with Crippen molar-refractivity contribution in [1.29, 1.82) is 0 Å². The van der Waals surface area contributed by atoms with Crippen LogP contribution in [0.15, 0.2) is 24.3 Å². The van der Waals surface area contributed by atoms with Gasteiger partial charge >= 0.3 is 0 Å². The smallest absolute Gasteiger partial charge is 0.105 e. The van der Waals surface area contributed by atoms with Crippen LogP contribution >= 0.6 is 0 Å². The number of rotatable bonds is 6. The van der Waals surface area contributed by atoms with E-state index in [1.54, 1.807) is 0 Å². The van der Waals surface area contributed by atoms with Gasteiger partial charge in [0.05, 0.1) is 6.10 Å². The number of aliphatic hydroxyl groups is 2. The van der Waals surface area contributed by atoms with Crippen LogP contribution in [-0.2, 0) is 0 Å². The van der Waals surface area contributed by atoms with Crippen molar-refractivity contribution >= 4 is 0 Å². The molecule has 0 amide bonds. The first-order valence-corrected chi connectivity index (χ1v) is 7.63. The highest BCUT2D eigenvalue weighted by Gasteiger charge is 2.29. The average molecular weight is 262 g/mol. The summed E-state index contributed by atoms with van der Waals surface area (Å²) in [6.07, 6.45) is 4.11. The lowest BCUT2D eigenvalue weighted by Gasteiger charge is -2.32. The Labute approximate surface area is 116 Å². The van der Waals surface area contributed by atoms with E-state index in [4.69, 9.17) is 0 Å². The molecule has 2 N–H and O–H groups in total. The van der Waals surface area contributed by atoms with E-state index in [0.717, 1.165) is 18.4 Å². The molecule has 1 saturated carbocycles. The molecule has 1 aromatic rings. The molecule has 0 heterocycles. The Morgan fingerprint density at radius 2 is 1.74 bits per heavy atom. The third-order valence-corrected chi connectivity index (χ3v) is 4.71. The molecule has 1 aliphatic rings. The normalized spacial score (nSPS) is 19.2. The zero-order valence-electron chi connectivity index (χ0n) is 12.0. The number of benzene rings is 1. The number of hydrogen-bond donors (Lipinski definition) is 2. The van der Waals surface area contributed by atoms with Crippen molar-refractivity contribution in [2.45, 2.75) is 64.1 Å². The molecule has 1 fully saturated rings. The molecule has 2 atom stereocenters. The summed E-state index contributed by atoms with van der Waals surface area (Å²) in [6, 6.07) is 8.08. The third kappa shape index (κ3) is 3.01. The van der Waals surface area contributed by atoms with Gasteiger partial charge in [0.25, 0.3) is 0 Å². The molecular weight excluding hydrogens is 236 g/mol. The van der Waals surface area contributed by atoms with Gasteiger partial charge in [0, 0.05) is 0 Å². The lowest BCUT2D eigenvalue weighted by molar-refractivity contribution is -0.0216. The van der Waals surface area contributed by atoms with Crippen LogP contribution in [0.25, 0.3) is 0 Å². The molecule has 0 saturated heterocycles. The molecule has 2 unspecified atom stereocenters. The largest absolute Gasteiger partial charge is 0.390 e. The summed E-state index contributed by atoms with van der Waals surface area (Å²) in [5.41, 5.74) is 2.18. The summed E-state index contributed by atoms with van der Waals surface area (Å²) in [7, 11) is 0. The van der Waals surface area contributed by atoms with Crippen molar-refractivity contribution in [3.8, 4) is 0 Å². The first-order valence-electron chi connectivity index (χ1n) is 7.63. The summed E-state index contributed by atoms with van der Waals surface area (Å²) >= 11 is 0. The predicted molar refractivity (Wildman–Crippen MR) is 78.1 cm³/mol. The van der Waals surface area contributed by atoms with E-state index >= 15 is 0 Å². The summed E-state index contributed by atoms with van der Waals surface area (Å²) in [6.45, 7) is 4.14. The summed E-state index contributed by atoms with van der Waals surface area (Å²) in [5, 5.41) is 20.9. The van der Waals surface area contributed by atoms with Crippen LogP contribution in [0.3, 0.4) is 0 Å². The molecule has 0 bridgehead atoms. The van der Waals surface area contributed by atoms with Crippen LogP contribution in [-0.4, -0.2) is 16.3 Å². The quantitative estimate of drug-likeness (QED) is 0.819. The van der Waals surface area contributed by atoms with Gasteiger partial charge in [0.15, 0.2) is 0 Å². The Hall–Kier alpha value is -0.860. The van der Waals surface area contributed by atoms with Gasteiger partial charge in [0.2, 0.25) is 0 Å². The van der Waals surface area contributed by atoms with Gasteiger partial charge < -0.3 is 10.2 Å². The first kappa shape index (κ1) is 14.5. The van der Waals surface area contributed by atoms with E-state index in [-0.39, 0.29) is 5.92 Å². The van der Waals surface area contributed by atoms with Gasteiger partial charge in [-0.3, -0.25) is 0 Å². The van der Waals surface area contributed by atoms with Crippen LogP contribution in [0.4, 0.5) is 0 Å². The van der Waals surface area contributed by atoms with E-state index in [9.17, 15) is 10.2 Å². The Kier molecular flexibility index (Phi) is 5.00. The fraction of sp³-hybridized carbons (Fsp3) is 0.647. The number of hydrogen-bond acceptors (Lipinski definition) is 2. The van der Waals surface area contributed by atoms with Gasteiger partial charge in [-0.05, 0) is 35.8 Å².